The molecule has 3 heteroatoms. The number of rotatable bonds is 4. The van der Waals surface area contributed by atoms with Crippen molar-refractivity contribution in [1.82, 2.24) is 0 Å². The van der Waals surface area contributed by atoms with E-state index >= 15 is 0 Å². The highest BCUT2D eigenvalue weighted by atomic mass is 28.4. The molecule has 21 heavy (non-hydrogen) atoms. The lowest BCUT2D eigenvalue weighted by Crippen LogP contribution is -2.55. The molecule has 4 bridgehead atoms. The monoisotopic (exact) mass is 318 g/mol. The van der Waals surface area contributed by atoms with Crippen LogP contribution in [-0.2, 0) is 4.12 Å². The first-order chi connectivity index (χ1) is 9.78. The van der Waals surface area contributed by atoms with E-state index < -0.39 is 16.6 Å². The van der Waals surface area contributed by atoms with Gasteiger partial charge in [0.1, 0.15) is 0 Å². The Morgan fingerprint density at radius 2 is 1.24 bits per heavy atom. The second-order valence-electron chi connectivity index (χ2n) is 9.16. The van der Waals surface area contributed by atoms with Gasteiger partial charge in [0.25, 0.3) is 0 Å². The number of hydrogen-bond acceptors (Lipinski definition) is 1. The third kappa shape index (κ3) is 1.90. The molecule has 0 aromatic carbocycles. The summed E-state index contributed by atoms with van der Waals surface area (Å²) >= 11 is 0. The fourth-order valence-electron chi connectivity index (χ4n) is 5.84. The van der Waals surface area contributed by atoms with Gasteiger partial charge in [-0.05, 0) is 76.5 Å². The Morgan fingerprint density at radius 3 is 1.48 bits per heavy atom. The molecule has 4 atom stereocenters. The van der Waals surface area contributed by atoms with Crippen LogP contribution in [0.4, 0.5) is 0 Å². The van der Waals surface area contributed by atoms with Gasteiger partial charge in [-0.3, -0.25) is 0 Å². The summed E-state index contributed by atoms with van der Waals surface area (Å²) in [6, 6.07) is 0. The molecule has 0 amide bonds. The lowest BCUT2D eigenvalue weighted by Gasteiger charge is -2.49. The molecule has 2 saturated carbocycles. The Kier molecular flexibility index (Phi) is 2.92. The Hall–Kier alpha value is -0.126. The minimum atomic E-state index is -1.69. The molecular weight excluding hydrogens is 288 g/mol. The zero-order valence-electron chi connectivity index (χ0n) is 14.1. The molecule has 0 aromatic heterocycles. The Balaban J connectivity index is 1.60. The Labute approximate surface area is 132 Å². The first-order valence-electron chi connectivity index (χ1n) is 8.87. The second-order valence-corrected chi connectivity index (χ2v) is 18.0. The van der Waals surface area contributed by atoms with Crippen LogP contribution in [0.2, 0.25) is 36.3 Å². The fraction of sp³-hybridized carbons (Fsp3) is 0.778. The van der Waals surface area contributed by atoms with Crippen molar-refractivity contribution in [2.45, 2.75) is 74.8 Å². The van der Waals surface area contributed by atoms with Crippen molar-refractivity contribution in [3.63, 3.8) is 0 Å². The van der Waals surface area contributed by atoms with Gasteiger partial charge in [-0.1, -0.05) is 24.3 Å². The normalized spacial score (nSPS) is 44.2. The Morgan fingerprint density at radius 1 is 0.810 bits per heavy atom. The number of allylic oxidation sites excluding steroid dienone is 4. The molecule has 1 nitrogen and oxygen atoms in total. The van der Waals surface area contributed by atoms with E-state index in [1.807, 2.05) is 0 Å². The lowest BCUT2D eigenvalue weighted by molar-refractivity contribution is 0.444. The van der Waals surface area contributed by atoms with Crippen LogP contribution in [0.1, 0.15) is 38.5 Å². The van der Waals surface area contributed by atoms with Crippen molar-refractivity contribution < 1.29 is 4.12 Å². The van der Waals surface area contributed by atoms with Crippen molar-refractivity contribution in [3.8, 4) is 0 Å². The van der Waals surface area contributed by atoms with Gasteiger partial charge in [0.05, 0.1) is 0 Å². The van der Waals surface area contributed by atoms with Crippen LogP contribution < -0.4 is 0 Å². The topological polar surface area (TPSA) is 9.23 Å². The number of fused-ring (bicyclic) bond motifs is 4. The number of hydrogen-bond donors (Lipinski definition) is 0. The van der Waals surface area contributed by atoms with Gasteiger partial charge in [-0.2, -0.15) is 0 Å². The maximum absolute atomic E-state index is 7.21. The summed E-state index contributed by atoms with van der Waals surface area (Å²) in [5.41, 5.74) is 0. The van der Waals surface area contributed by atoms with Gasteiger partial charge in [0.15, 0.2) is 16.6 Å². The molecule has 4 unspecified atom stereocenters. The van der Waals surface area contributed by atoms with Crippen LogP contribution in [-0.4, -0.2) is 16.6 Å². The van der Waals surface area contributed by atoms with Crippen molar-refractivity contribution in [3.05, 3.63) is 24.3 Å². The minimum Gasteiger partial charge on any atom is -0.454 e. The van der Waals surface area contributed by atoms with Gasteiger partial charge in [0.2, 0.25) is 0 Å². The first kappa shape index (κ1) is 14.5. The smallest absolute Gasteiger partial charge is 0.183 e. The van der Waals surface area contributed by atoms with E-state index in [0.717, 1.165) is 11.8 Å². The molecule has 0 aliphatic heterocycles. The van der Waals surface area contributed by atoms with Gasteiger partial charge < -0.3 is 4.12 Å². The average Bonchev–Trinajstić information content (AvgIpc) is 3.18. The van der Waals surface area contributed by atoms with Crippen LogP contribution in [0.5, 0.6) is 0 Å². The summed E-state index contributed by atoms with van der Waals surface area (Å²) < 4.78 is 7.21. The highest BCUT2D eigenvalue weighted by Gasteiger charge is 2.59. The molecule has 0 saturated heterocycles. The van der Waals surface area contributed by atoms with Crippen molar-refractivity contribution in [2.24, 2.45) is 11.8 Å². The van der Waals surface area contributed by atoms with Crippen molar-refractivity contribution in [2.75, 3.05) is 0 Å². The van der Waals surface area contributed by atoms with Gasteiger partial charge >= 0.3 is 0 Å². The van der Waals surface area contributed by atoms with E-state index in [-0.39, 0.29) is 0 Å². The SMILES string of the molecule is C[Si](C)(O[Si](C)(C)C12C=CC(CC1)C2)C12C=CC(CC1)C2. The van der Waals surface area contributed by atoms with Crippen LogP contribution in [0.3, 0.4) is 0 Å². The van der Waals surface area contributed by atoms with Crippen LogP contribution in [0.15, 0.2) is 24.3 Å². The standard InChI is InChI=1S/C18H30OSi2/c1-20(2,17-9-5-15(13-17)6-10-17)19-21(3,4)18-11-7-16(14-18)8-12-18/h5,7,9,11,15-16H,6,8,10,12-14H2,1-4H3. The first-order valence-corrected chi connectivity index (χ1v) is 14.7. The lowest BCUT2D eigenvalue weighted by atomic mass is 10.1. The average molecular weight is 319 g/mol. The van der Waals surface area contributed by atoms with E-state index in [1.165, 1.54) is 38.5 Å². The summed E-state index contributed by atoms with van der Waals surface area (Å²) in [5.74, 6) is 1.73. The molecule has 0 heterocycles. The third-order valence-electron chi connectivity index (χ3n) is 7.46. The maximum Gasteiger partial charge on any atom is 0.183 e. The molecule has 0 radical (unpaired) electrons. The Bertz CT molecular complexity index is 475. The van der Waals surface area contributed by atoms with E-state index in [9.17, 15) is 0 Å². The largest absolute Gasteiger partial charge is 0.454 e. The summed E-state index contributed by atoms with van der Waals surface area (Å²) in [6.45, 7) is 10.1. The fourth-order valence-corrected chi connectivity index (χ4v) is 16.6. The molecule has 116 valence electrons. The highest BCUT2D eigenvalue weighted by Crippen LogP contribution is 2.64. The van der Waals surface area contributed by atoms with E-state index in [4.69, 9.17) is 4.12 Å². The van der Waals surface area contributed by atoms with E-state index in [1.54, 1.807) is 0 Å². The van der Waals surface area contributed by atoms with Gasteiger partial charge in [-0.15, -0.1) is 0 Å². The maximum atomic E-state index is 7.21. The molecule has 4 rings (SSSR count). The van der Waals surface area contributed by atoms with Crippen LogP contribution in [0, 0.1) is 11.8 Å². The molecular formula is C18H30OSi2. The predicted molar refractivity (Wildman–Crippen MR) is 94.4 cm³/mol. The summed E-state index contributed by atoms with van der Waals surface area (Å²) in [7, 11) is -3.37. The molecule has 4 aliphatic carbocycles. The zero-order chi connectivity index (χ0) is 14.9. The van der Waals surface area contributed by atoms with Gasteiger partial charge in [-0.25, -0.2) is 0 Å². The third-order valence-corrected chi connectivity index (χ3v) is 17.6. The molecule has 0 N–H and O–H groups in total. The van der Waals surface area contributed by atoms with Crippen molar-refractivity contribution in [1.29, 1.82) is 0 Å². The molecule has 0 spiro atoms. The quantitative estimate of drug-likeness (QED) is 0.482. The van der Waals surface area contributed by atoms with E-state index in [2.05, 4.69) is 50.5 Å². The predicted octanol–water partition coefficient (Wildman–Crippen LogP) is 5.63. The summed E-state index contributed by atoms with van der Waals surface area (Å²) in [5, 5.41) is 0.914. The van der Waals surface area contributed by atoms with Crippen LogP contribution >= 0.6 is 0 Å². The van der Waals surface area contributed by atoms with E-state index in [0.29, 0.717) is 10.1 Å². The summed E-state index contributed by atoms with van der Waals surface area (Å²) in [4.78, 5) is 0. The van der Waals surface area contributed by atoms with Crippen LogP contribution in [0.25, 0.3) is 0 Å². The molecule has 0 aromatic rings. The zero-order valence-corrected chi connectivity index (χ0v) is 16.1. The molecule has 2 fully saturated rings. The summed E-state index contributed by atoms with van der Waals surface area (Å²) in [6.07, 6.45) is 18.5. The van der Waals surface area contributed by atoms with Crippen molar-refractivity contribution >= 4 is 16.6 Å². The second kappa shape index (κ2) is 4.24. The molecule has 4 aliphatic rings. The minimum absolute atomic E-state index is 0.457. The van der Waals surface area contributed by atoms with Gasteiger partial charge in [0, 0.05) is 10.1 Å². The highest BCUT2D eigenvalue weighted by molar-refractivity contribution is 6.88.